The van der Waals surface area contributed by atoms with Crippen molar-refractivity contribution in [2.75, 3.05) is 0 Å². The third-order valence-corrected chi connectivity index (χ3v) is 0.836. The Morgan fingerprint density at radius 1 is 1.56 bits per heavy atom. The van der Waals surface area contributed by atoms with Crippen LogP contribution in [0.5, 0.6) is 0 Å². The van der Waals surface area contributed by atoms with Crippen LogP contribution < -0.4 is 5.48 Å². The minimum Gasteiger partial charge on any atom is -0.390 e. The molecule has 0 heterocycles. The molecule has 0 aliphatic rings. The van der Waals surface area contributed by atoms with Crippen LogP contribution in [0.3, 0.4) is 0 Å². The molecule has 0 unspecified atom stereocenters. The van der Waals surface area contributed by atoms with Crippen LogP contribution in [0, 0.1) is 0 Å². The smallest absolute Gasteiger partial charge is 0.274 e. The average molecular weight is 135 g/mol. The van der Waals surface area contributed by atoms with Crippen molar-refractivity contribution in [2.24, 2.45) is 0 Å². The molecule has 0 fully saturated rings. The Hall–Kier alpha value is -0.650. The Kier molecular flexibility index (Phi) is 3.15. The maximum Gasteiger partial charge on any atom is 0.274 e. The van der Waals surface area contributed by atoms with Gasteiger partial charge in [0.1, 0.15) is 0 Å². The van der Waals surface area contributed by atoms with E-state index in [1.165, 1.54) is 12.4 Å². The van der Waals surface area contributed by atoms with Crippen molar-refractivity contribution < 1.29 is 20.2 Å². The van der Waals surface area contributed by atoms with E-state index in [0.717, 1.165) is 0 Å². The van der Waals surface area contributed by atoms with Crippen LogP contribution in [0.4, 0.5) is 0 Å². The molecule has 0 aromatic rings. The SMILES string of the molecule is C[C@H](O)[C@@H](O)C(=O)NO. The zero-order valence-electron chi connectivity index (χ0n) is 4.90. The average Bonchev–Trinajstić information content (AvgIpc) is 1.84. The zero-order chi connectivity index (χ0) is 7.44. The van der Waals surface area contributed by atoms with Crippen molar-refractivity contribution in [3.8, 4) is 0 Å². The number of hydroxylamine groups is 1. The highest BCUT2D eigenvalue weighted by Gasteiger charge is 2.18. The topological polar surface area (TPSA) is 89.8 Å². The lowest BCUT2D eigenvalue weighted by Gasteiger charge is -2.09. The van der Waals surface area contributed by atoms with Gasteiger partial charge >= 0.3 is 0 Å². The number of aliphatic hydroxyl groups is 2. The van der Waals surface area contributed by atoms with Gasteiger partial charge in [-0.05, 0) is 6.92 Å². The largest absolute Gasteiger partial charge is 0.390 e. The molecule has 5 nitrogen and oxygen atoms in total. The summed E-state index contributed by atoms with van der Waals surface area (Å²) < 4.78 is 0. The Morgan fingerprint density at radius 2 is 2.00 bits per heavy atom. The normalized spacial score (nSPS) is 16.4. The number of hydrogen-bond donors (Lipinski definition) is 4. The van der Waals surface area contributed by atoms with E-state index in [1.54, 1.807) is 0 Å². The summed E-state index contributed by atoms with van der Waals surface area (Å²) in [7, 11) is 0. The van der Waals surface area contributed by atoms with Gasteiger partial charge in [-0.15, -0.1) is 0 Å². The lowest BCUT2D eigenvalue weighted by molar-refractivity contribution is -0.143. The van der Waals surface area contributed by atoms with Crippen LogP contribution in [-0.4, -0.2) is 33.5 Å². The lowest BCUT2D eigenvalue weighted by atomic mass is 10.2. The van der Waals surface area contributed by atoms with Gasteiger partial charge < -0.3 is 10.2 Å². The van der Waals surface area contributed by atoms with Gasteiger partial charge in [0.2, 0.25) is 0 Å². The standard InChI is InChI=1S/C4H9NO4/c1-2(6)3(7)4(8)5-9/h2-3,6-7,9H,1H3,(H,5,8)/t2-,3+/m0/s1. The molecular weight excluding hydrogens is 126 g/mol. The fraction of sp³-hybridized carbons (Fsp3) is 0.750. The molecule has 54 valence electrons. The van der Waals surface area contributed by atoms with E-state index in [4.69, 9.17) is 15.4 Å². The number of aliphatic hydroxyl groups excluding tert-OH is 2. The van der Waals surface area contributed by atoms with Crippen LogP contribution in [0.15, 0.2) is 0 Å². The number of carbonyl (C=O) groups is 1. The first-order valence-corrected chi connectivity index (χ1v) is 2.39. The fourth-order valence-electron chi connectivity index (χ4n) is 0.285. The minimum absolute atomic E-state index is 1.01. The highest BCUT2D eigenvalue weighted by molar-refractivity contribution is 5.79. The highest BCUT2D eigenvalue weighted by atomic mass is 16.5. The van der Waals surface area contributed by atoms with Crippen molar-refractivity contribution in [1.29, 1.82) is 0 Å². The Morgan fingerprint density at radius 3 is 2.11 bits per heavy atom. The molecule has 0 aromatic heterocycles. The van der Waals surface area contributed by atoms with Crippen molar-refractivity contribution in [2.45, 2.75) is 19.1 Å². The van der Waals surface area contributed by atoms with E-state index in [0.29, 0.717) is 0 Å². The molecule has 5 heteroatoms. The molecule has 0 saturated carbocycles. The highest BCUT2D eigenvalue weighted by Crippen LogP contribution is 1.89. The summed E-state index contributed by atoms with van der Waals surface area (Å²) >= 11 is 0. The van der Waals surface area contributed by atoms with Gasteiger partial charge in [-0.1, -0.05) is 0 Å². The van der Waals surface area contributed by atoms with Gasteiger partial charge in [-0.2, -0.15) is 0 Å². The summed E-state index contributed by atoms with van der Waals surface area (Å²) in [6.45, 7) is 1.24. The second-order valence-electron chi connectivity index (χ2n) is 1.66. The van der Waals surface area contributed by atoms with E-state index in [9.17, 15) is 4.79 Å². The molecule has 0 aromatic carbocycles. The molecule has 9 heavy (non-hydrogen) atoms. The molecule has 0 bridgehead atoms. The number of rotatable bonds is 2. The Bertz CT molecular complexity index is 103. The summed E-state index contributed by atoms with van der Waals surface area (Å²) in [4.78, 5) is 10.2. The zero-order valence-corrected chi connectivity index (χ0v) is 4.90. The predicted molar refractivity (Wildman–Crippen MR) is 27.6 cm³/mol. The van der Waals surface area contributed by atoms with E-state index < -0.39 is 18.1 Å². The minimum atomic E-state index is -1.56. The number of hydrogen-bond acceptors (Lipinski definition) is 4. The van der Waals surface area contributed by atoms with Crippen LogP contribution in [-0.2, 0) is 4.79 Å². The van der Waals surface area contributed by atoms with E-state index >= 15 is 0 Å². The molecule has 4 N–H and O–H groups in total. The molecule has 0 spiro atoms. The third-order valence-electron chi connectivity index (χ3n) is 0.836. The fourth-order valence-corrected chi connectivity index (χ4v) is 0.285. The van der Waals surface area contributed by atoms with Crippen molar-refractivity contribution in [1.82, 2.24) is 5.48 Å². The van der Waals surface area contributed by atoms with E-state index in [1.807, 2.05) is 0 Å². The number of carbonyl (C=O) groups excluding carboxylic acids is 1. The van der Waals surface area contributed by atoms with E-state index in [-0.39, 0.29) is 0 Å². The molecule has 0 aliphatic heterocycles. The second kappa shape index (κ2) is 3.39. The summed E-state index contributed by atoms with van der Waals surface area (Å²) in [5.41, 5.74) is 1.20. The first-order chi connectivity index (χ1) is 4.09. The quantitative estimate of drug-likeness (QED) is 0.266. The van der Waals surface area contributed by atoms with Crippen molar-refractivity contribution >= 4 is 5.91 Å². The Labute approximate surface area is 51.9 Å². The molecule has 2 atom stereocenters. The molecule has 0 saturated heterocycles. The van der Waals surface area contributed by atoms with Gasteiger partial charge in [-0.25, -0.2) is 5.48 Å². The van der Waals surface area contributed by atoms with Crippen molar-refractivity contribution in [3.63, 3.8) is 0 Å². The lowest BCUT2D eigenvalue weighted by Crippen LogP contribution is -2.39. The van der Waals surface area contributed by atoms with Crippen molar-refractivity contribution in [3.05, 3.63) is 0 Å². The predicted octanol–water partition coefficient (Wildman–Crippen LogP) is -1.77. The maximum atomic E-state index is 10.2. The summed E-state index contributed by atoms with van der Waals surface area (Å²) in [5, 5.41) is 25.0. The summed E-state index contributed by atoms with van der Waals surface area (Å²) in [6, 6.07) is 0. The van der Waals surface area contributed by atoms with Gasteiger partial charge in [0.25, 0.3) is 5.91 Å². The van der Waals surface area contributed by atoms with Crippen LogP contribution >= 0.6 is 0 Å². The molecule has 0 rings (SSSR count). The van der Waals surface area contributed by atoms with Gasteiger partial charge in [-0.3, -0.25) is 10.0 Å². The maximum absolute atomic E-state index is 10.2. The monoisotopic (exact) mass is 135 g/mol. The second-order valence-corrected chi connectivity index (χ2v) is 1.66. The first-order valence-electron chi connectivity index (χ1n) is 2.39. The first kappa shape index (κ1) is 8.35. The van der Waals surface area contributed by atoms with Gasteiger partial charge in [0.15, 0.2) is 6.10 Å². The van der Waals surface area contributed by atoms with Crippen LogP contribution in [0.1, 0.15) is 6.92 Å². The Balaban J connectivity index is 3.72. The van der Waals surface area contributed by atoms with Gasteiger partial charge in [0, 0.05) is 0 Å². The number of amides is 1. The molecule has 1 amide bonds. The molecule has 0 radical (unpaired) electrons. The van der Waals surface area contributed by atoms with Crippen LogP contribution in [0.2, 0.25) is 0 Å². The van der Waals surface area contributed by atoms with Gasteiger partial charge in [0.05, 0.1) is 6.10 Å². The van der Waals surface area contributed by atoms with Crippen LogP contribution in [0.25, 0.3) is 0 Å². The summed E-state index contributed by atoms with van der Waals surface area (Å²) in [5.74, 6) is -1.01. The summed E-state index contributed by atoms with van der Waals surface area (Å²) in [6.07, 6.45) is -2.73. The molecular formula is C4H9NO4. The third kappa shape index (κ3) is 2.41. The molecule has 0 aliphatic carbocycles. The number of nitrogens with one attached hydrogen (secondary N) is 1. The van der Waals surface area contributed by atoms with E-state index in [2.05, 4.69) is 0 Å².